The maximum absolute atomic E-state index is 14.1. The van der Waals surface area contributed by atoms with E-state index in [4.69, 9.17) is 5.73 Å². The number of hydrogen-bond donors (Lipinski definition) is 6. The van der Waals surface area contributed by atoms with Gasteiger partial charge in [0, 0.05) is 19.5 Å². The van der Waals surface area contributed by atoms with Crippen molar-refractivity contribution in [3.8, 4) is 0 Å². The second kappa shape index (κ2) is 14.3. The highest BCUT2D eigenvalue weighted by molar-refractivity contribution is 6.38. The number of piperidine rings is 1. The molecule has 1 aliphatic heterocycles. The second-order valence-electron chi connectivity index (χ2n) is 15.2. The van der Waals surface area contributed by atoms with E-state index in [9.17, 15) is 42.3 Å². The molecule has 0 radical (unpaired) electrons. The molecule has 0 aromatic rings. The number of nitrogens with one attached hydrogen (secondary N) is 4. The predicted octanol–water partition coefficient (Wildman–Crippen LogP) is 1.96. The van der Waals surface area contributed by atoms with Gasteiger partial charge in [-0.1, -0.05) is 61.5 Å². The third-order valence-corrected chi connectivity index (χ3v) is 8.69. The minimum Gasteiger partial charge on any atom is -0.377 e. The summed E-state index contributed by atoms with van der Waals surface area (Å²) in [6.07, 6.45) is -6.71. The van der Waals surface area contributed by atoms with Crippen LogP contribution in [0.4, 0.5) is 18.0 Å². The number of nitrogens with zero attached hydrogens (tertiary/aromatic N) is 1. The van der Waals surface area contributed by atoms with Gasteiger partial charge < -0.3 is 37.0 Å². The van der Waals surface area contributed by atoms with E-state index in [1.165, 1.54) is 11.0 Å². The minimum absolute atomic E-state index is 0.108. The van der Waals surface area contributed by atoms with E-state index in [-0.39, 0.29) is 35.8 Å². The van der Waals surface area contributed by atoms with Gasteiger partial charge in [0.15, 0.2) is 0 Å². The monoisotopic (exact) mass is 660 g/mol. The Morgan fingerprint density at radius 3 is 2.11 bits per heavy atom. The normalized spacial score (nSPS) is 23.2. The average Bonchev–Trinajstić information content (AvgIpc) is 3.21. The molecule has 12 nitrogen and oxygen atoms in total. The zero-order chi connectivity index (χ0) is 35.6. The molecule has 2 fully saturated rings. The van der Waals surface area contributed by atoms with Crippen LogP contribution in [0.3, 0.4) is 0 Å². The predicted molar refractivity (Wildman–Crippen MR) is 165 cm³/mol. The second-order valence-corrected chi connectivity index (χ2v) is 15.2. The lowest BCUT2D eigenvalue weighted by Gasteiger charge is -2.38. The van der Waals surface area contributed by atoms with Crippen molar-refractivity contribution in [2.75, 3.05) is 13.1 Å². The molecule has 2 rings (SSSR count). The fraction of sp³-hybridized carbons (Fsp3) is 0.774. The standard InChI is InChI=1S/C31H51F3N6O6/c1-10-13-36-25(44)21(41)17(11-12-31(32,33)34)37-24(43)20-19-16(30(19,8)9)15-40(20)26(45)22(29(5,6)7)39-27(46)38-18(23(35)42)14-28(2,3)4/h10,16-20,22-23,42H,1,11-15,35H2,2-9H3,(H,36,44)(H,37,43)(H2,38,39,46)/t16-,17?,18-,19-,20-,22+,23?/m0/s1. The number of carbonyl (C=O) groups is 5. The number of aliphatic hydroxyl groups is 1. The third-order valence-electron chi connectivity index (χ3n) is 8.69. The van der Waals surface area contributed by atoms with Crippen LogP contribution in [0.2, 0.25) is 0 Å². The highest BCUT2D eigenvalue weighted by atomic mass is 19.4. The molecule has 0 spiro atoms. The maximum atomic E-state index is 14.1. The Balaban J connectivity index is 2.35. The first-order valence-corrected chi connectivity index (χ1v) is 15.4. The highest BCUT2D eigenvalue weighted by Gasteiger charge is 2.70. The molecule has 7 atom stereocenters. The summed E-state index contributed by atoms with van der Waals surface area (Å²) in [6.45, 7) is 18.1. The lowest BCUT2D eigenvalue weighted by molar-refractivity contribution is -0.148. The number of halogens is 3. The molecule has 2 aliphatic rings. The number of aliphatic hydroxyl groups excluding tert-OH is 1. The van der Waals surface area contributed by atoms with Crippen molar-refractivity contribution >= 4 is 29.5 Å². The lowest BCUT2D eigenvalue weighted by Crippen LogP contribution is -2.62. The van der Waals surface area contributed by atoms with Gasteiger partial charge in [-0.2, -0.15) is 13.2 Å². The van der Waals surface area contributed by atoms with Crippen LogP contribution in [0.1, 0.15) is 74.7 Å². The fourth-order valence-electron chi connectivity index (χ4n) is 6.13. The van der Waals surface area contributed by atoms with E-state index in [0.29, 0.717) is 6.42 Å². The van der Waals surface area contributed by atoms with E-state index < -0.39 is 84.4 Å². The smallest absolute Gasteiger partial charge is 0.377 e. The number of urea groups is 1. The summed E-state index contributed by atoms with van der Waals surface area (Å²) in [5.74, 6) is -4.38. The van der Waals surface area contributed by atoms with Gasteiger partial charge in [-0.3, -0.25) is 19.2 Å². The van der Waals surface area contributed by atoms with Gasteiger partial charge in [0.1, 0.15) is 18.3 Å². The first-order valence-electron chi connectivity index (χ1n) is 15.4. The molecule has 5 amide bonds. The molecule has 0 aromatic carbocycles. The van der Waals surface area contributed by atoms with Crippen LogP contribution in [0.15, 0.2) is 12.7 Å². The number of carbonyl (C=O) groups excluding carboxylic acids is 5. The molecule has 1 saturated heterocycles. The lowest BCUT2D eigenvalue weighted by atomic mass is 9.85. The molecule has 46 heavy (non-hydrogen) atoms. The number of amides is 5. The summed E-state index contributed by atoms with van der Waals surface area (Å²) in [5.41, 5.74) is 4.14. The van der Waals surface area contributed by atoms with Gasteiger partial charge >= 0.3 is 12.2 Å². The number of nitrogens with two attached hydrogens (primary N) is 1. The van der Waals surface area contributed by atoms with Crippen molar-refractivity contribution in [1.29, 1.82) is 0 Å². The number of rotatable bonds is 13. The summed E-state index contributed by atoms with van der Waals surface area (Å²) in [4.78, 5) is 67.5. The van der Waals surface area contributed by atoms with E-state index in [1.807, 2.05) is 34.6 Å². The molecular formula is C31H51F3N6O6. The van der Waals surface area contributed by atoms with Crippen LogP contribution in [-0.4, -0.2) is 89.2 Å². The molecule has 7 N–H and O–H groups in total. The van der Waals surface area contributed by atoms with Gasteiger partial charge in [0.05, 0.1) is 12.1 Å². The first-order chi connectivity index (χ1) is 20.8. The largest absolute Gasteiger partial charge is 0.389 e. The number of hydrogen-bond acceptors (Lipinski definition) is 7. The highest BCUT2D eigenvalue weighted by Crippen LogP contribution is 2.65. The molecule has 0 aromatic heterocycles. The van der Waals surface area contributed by atoms with Crippen LogP contribution in [-0.2, 0) is 19.2 Å². The van der Waals surface area contributed by atoms with Crippen molar-refractivity contribution in [2.24, 2.45) is 33.8 Å². The van der Waals surface area contributed by atoms with Crippen molar-refractivity contribution in [3.63, 3.8) is 0 Å². The minimum atomic E-state index is -4.65. The van der Waals surface area contributed by atoms with Gasteiger partial charge in [-0.25, -0.2) is 4.79 Å². The van der Waals surface area contributed by atoms with Gasteiger partial charge in [0.25, 0.3) is 5.91 Å². The molecule has 1 saturated carbocycles. The number of fused-ring (bicyclic) bond motifs is 1. The van der Waals surface area contributed by atoms with Crippen molar-refractivity contribution in [3.05, 3.63) is 12.7 Å². The summed E-state index contributed by atoms with van der Waals surface area (Å²) in [7, 11) is 0. The number of alkyl halides is 3. The van der Waals surface area contributed by atoms with Gasteiger partial charge in [0.2, 0.25) is 17.6 Å². The topological polar surface area (TPSA) is 183 Å². The average molecular weight is 661 g/mol. The molecule has 2 unspecified atom stereocenters. The Bertz CT molecular complexity index is 1180. The van der Waals surface area contributed by atoms with E-state index in [2.05, 4.69) is 27.8 Å². The van der Waals surface area contributed by atoms with E-state index >= 15 is 0 Å². The summed E-state index contributed by atoms with van der Waals surface area (Å²) < 4.78 is 39.4. The van der Waals surface area contributed by atoms with Gasteiger partial charge in [-0.15, -0.1) is 6.58 Å². The summed E-state index contributed by atoms with van der Waals surface area (Å²) >= 11 is 0. The molecule has 15 heteroatoms. The SMILES string of the molecule is C=CCNC(=O)C(=O)C(CCC(F)(F)F)NC(=O)[C@@H]1[C@@H]2[C@H](CN1C(=O)[C@@H](NC(=O)N[C@@H](CC(C)(C)C)C(N)O)C(C)(C)C)C2(C)C. The van der Waals surface area contributed by atoms with Gasteiger partial charge in [-0.05, 0) is 40.9 Å². The van der Waals surface area contributed by atoms with Crippen LogP contribution in [0, 0.1) is 28.1 Å². The van der Waals surface area contributed by atoms with Crippen molar-refractivity contribution in [2.45, 2.75) is 111 Å². The number of Topliss-reactive ketones (excluding diaryl/α,β-unsaturated/α-hetero) is 1. The van der Waals surface area contributed by atoms with E-state index in [0.717, 1.165) is 0 Å². The zero-order valence-corrected chi connectivity index (χ0v) is 28.0. The number of ketones is 1. The fourth-order valence-corrected chi connectivity index (χ4v) is 6.13. The molecule has 1 aliphatic carbocycles. The Morgan fingerprint density at radius 1 is 1.04 bits per heavy atom. The molecule has 1 heterocycles. The Morgan fingerprint density at radius 2 is 1.63 bits per heavy atom. The van der Waals surface area contributed by atoms with Crippen molar-refractivity contribution < 1.29 is 42.3 Å². The Kier molecular flexibility index (Phi) is 12.1. The third kappa shape index (κ3) is 10.1. The molecule has 0 bridgehead atoms. The molecule has 262 valence electrons. The summed E-state index contributed by atoms with van der Waals surface area (Å²) in [5, 5.41) is 19.9. The molecular weight excluding hydrogens is 609 g/mol. The quantitative estimate of drug-likeness (QED) is 0.0992. The number of likely N-dealkylation sites (tertiary alicyclic amines) is 1. The Labute approximate surface area is 268 Å². The maximum Gasteiger partial charge on any atom is 0.389 e. The van der Waals surface area contributed by atoms with E-state index in [1.54, 1.807) is 20.8 Å². The van der Waals surface area contributed by atoms with Crippen LogP contribution >= 0.6 is 0 Å². The van der Waals surface area contributed by atoms with Crippen LogP contribution in [0.5, 0.6) is 0 Å². The zero-order valence-electron chi connectivity index (χ0n) is 28.0. The van der Waals surface area contributed by atoms with Crippen LogP contribution in [0.25, 0.3) is 0 Å². The first kappa shape index (κ1) is 39.0. The summed E-state index contributed by atoms with van der Waals surface area (Å²) in [6, 6.07) is -5.72. The van der Waals surface area contributed by atoms with Crippen molar-refractivity contribution in [1.82, 2.24) is 26.2 Å². The Hall–Kier alpha value is -3.20. The van der Waals surface area contributed by atoms with Crippen LogP contribution < -0.4 is 27.0 Å².